The van der Waals surface area contributed by atoms with E-state index in [1.54, 1.807) is 13.8 Å². The summed E-state index contributed by atoms with van der Waals surface area (Å²) in [7, 11) is -4.40. The zero-order valence-corrected chi connectivity index (χ0v) is 12.9. The molecule has 16 heavy (non-hydrogen) atoms. The van der Waals surface area contributed by atoms with E-state index < -0.39 is 20.0 Å². The van der Waals surface area contributed by atoms with E-state index in [1.165, 1.54) is 0 Å². The van der Waals surface area contributed by atoms with Crippen molar-refractivity contribution in [3.05, 3.63) is 0 Å². The molecule has 0 aliphatic heterocycles. The Morgan fingerprint density at radius 1 is 1.12 bits per heavy atom. The monoisotopic (exact) mass is 264 g/mol. The number of rotatable bonds is 8. The summed E-state index contributed by atoms with van der Waals surface area (Å²) in [6.45, 7) is 2.76. The molecule has 0 heterocycles. The maximum absolute atomic E-state index is 11.0. The van der Waals surface area contributed by atoms with Gasteiger partial charge in [0.25, 0.3) is 7.82 Å². The Hall–Kier alpha value is 1.03. The molecule has 2 unspecified atom stereocenters. The van der Waals surface area contributed by atoms with Crippen molar-refractivity contribution in [2.24, 2.45) is 0 Å². The molecule has 0 aliphatic carbocycles. The van der Waals surface area contributed by atoms with Crippen LogP contribution in [-0.4, -0.2) is 35.6 Å². The maximum Gasteiger partial charge on any atom is 1.00 e. The minimum Gasteiger partial charge on any atom is -0.756 e. The summed E-state index contributed by atoms with van der Waals surface area (Å²) < 4.78 is 19.8. The number of phosphoric acid groups is 1. The predicted octanol–water partition coefficient (Wildman–Crippen LogP) is -2.97. The molecule has 0 fully saturated rings. The van der Waals surface area contributed by atoms with Gasteiger partial charge in [0.1, 0.15) is 0 Å². The number of aliphatic hydroxyl groups is 2. The molecule has 92 valence electrons. The number of aliphatic hydroxyl groups excluding tert-OH is 2. The smallest absolute Gasteiger partial charge is 0.756 e. The summed E-state index contributed by atoms with van der Waals surface area (Å²) in [4.78, 5) is 11.0. The second-order valence-electron chi connectivity index (χ2n) is 3.16. The van der Waals surface area contributed by atoms with Crippen LogP contribution in [0.2, 0.25) is 0 Å². The first-order chi connectivity index (χ1) is 6.91. The van der Waals surface area contributed by atoms with Crippen molar-refractivity contribution in [2.75, 3.05) is 13.2 Å². The normalized spacial score (nSPS) is 18.3. The third kappa shape index (κ3) is 10.2. The van der Waals surface area contributed by atoms with Gasteiger partial charge in [-0.2, -0.15) is 0 Å². The van der Waals surface area contributed by atoms with Crippen LogP contribution in [0.5, 0.6) is 0 Å². The molecule has 0 bridgehead atoms. The summed E-state index contributed by atoms with van der Waals surface area (Å²) in [6, 6.07) is 0. The number of phosphoric ester groups is 1. The van der Waals surface area contributed by atoms with Crippen LogP contribution in [0.4, 0.5) is 0 Å². The molecule has 2 N–H and O–H groups in total. The molecule has 0 aliphatic rings. The fourth-order valence-electron chi connectivity index (χ4n) is 0.628. The molecule has 0 radical (unpaired) electrons. The quantitative estimate of drug-likeness (QED) is 0.359. The summed E-state index contributed by atoms with van der Waals surface area (Å²) in [5.41, 5.74) is 0. The third-order valence-corrected chi connectivity index (χ3v) is 2.72. The van der Waals surface area contributed by atoms with E-state index in [0.717, 1.165) is 0 Å². The first kappa shape index (κ1) is 19.4. The van der Waals surface area contributed by atoms with Crippen molar-refractivity contribution in [3.8, 4) is 0 Å². The van der Waals surface area contributed by atoms with Crippen molar-refractivity contribution < 1.29 is 58.3 Å². The molecule has 6 nitrogen and oxygen atoms in total. The second kappa shape index (κ2) is 10.00. The van der Waals surface area contributed by atoms with E-state index in [4.69, 9.17) is 10.2 Å². The van der Waals surface area contributed by atoms with Gasteiger partial charge in [-0.1, -0.05) is 13.8 Å². The van der Waals surface area contributed by atoms with Gasteiger partial charge in [-0.05, 0) is 12.8 Å². The first-order valence-corrected chi connectivity index (χ1v) is 6.33. The minimum absolute atomic E-state index is 0. The Balaban J connectivity index is 0. The van der Waals surface area contributed by atoms with E-state index in [-0.39, 0.29) is 42.8 Å². The fraction of sp³-hybridized carbons (Fsp3) is 1.00. The summed E-state index contributed by atoms with van der Waals surface area (Å²) in [6.07, 6.45) is -0.853. The third-order valence-electron chi connectivity index (χ3n) is 1.79. The predicted molar refractivity (Wildman–Crippen MR) is 52.1 cm³/mol. The summed E-state index contributed by atoms with van der Waals surface area (Å²) >= 11 is 0. The fourth-order valence-corrected chi connectivity index (χ4v) is 1.41. The average molecular weight is 264 g/mol. The van der Waals surface area contributed by atoms with Gasteiger partial charge in [0.2, 0.25) is 0 Å². The Labute approximate surface area is 118 Å². The Morgan fingerprint density at radius 3 is 1.69 bits per heavy atom. The molecule has 8 heteroatoms. The molecule has 0 aromatic carbocycles. The second-order valence-corrected chi connectivity index (χ2v) is 4.57. The molecule has 0 aromatic heterocycles. The van der Waals surface area contributed by atoms with E-state index in [2.05, 4.69) is 9.05 Å². The van der Waals surface area contributed by atoms with Gasteiger partial charge in [0.05, 0.1) is 25.4 Å². The molecule has 2 atom stereocenters. The van der Waals surface area contributed by atoms with E-state index in [9.17, 15) is 9.46 Å². The molecular formula is C8H18NaO6P. The van der Waals surface area contributed by atoms with Crippen LogP contribution >= 0.6 is 7.82 Å². The van der Waals surface area contributed by atoms with Crippen molar-refractivity contribution in [3.63, 3.8) is 0 Å². The summed E-state index contributed by atoms with van der Waals surface area (Å²) in [5, 5.41) is 18.1. The topological polar surface area (TPSA) is 99.1 Å². The van der Waals surface area contributed by atoms with Crippen molar-refractivity contribution in [2.45, 2.75) is 38.9 Å². The number of hydrogen-bond acceptors (Lipinski definition) is 6. The van der Waals surface area contributed by atoms with Gasteiger partial charge in [0, 0.05) is 0 Å². The Bertz CT molecular complexity index is 197. The van der Waals surface area contributed by atoms with E-state index >= 15 is 0 Å². The number of hydrogen-bond donors (Lipinski definition) is 2. The average Bonchev–Trinajstić information content (AvgIpc) is 2.22. The van der Waals surface area contributed by atoms with Crippen LogP contribution in [0.3, 0.4) is 0 Å². The summed E-state index contributed by atoms with van der Waals surface area (Å²) in [5.74, 6) is 0. The minimum atomic E-state index is -4.40. The van der Waals surface area contributed by atoms with Crippen molar-refractivity contribution in [1.29, 1.82) is 0 Å². The van der Waals surface area contributed by atoms with Gasteiger partial charge in [-0.25, -0.2) is 0 Å². The molecule has 0 saturated heterocycles. The van der Waals surface area contributed by atoms with Gasteiger partial charge in [0.15, 0.2) is 0 Å². The van der Waals surface area contributed by atoms with Crippen molar-refractivity contribution in [1.82, 2.24) is 0 Å². The van der Waals surface area contributed by atoms with Crippen LogP contribution in [0.1, 0.15) is 26.7 Å². The van der Waals surface area contributed by atoms with Gasteiger partial charge in [-0.3, -0.25) is 4.57 Å². The molecule has 0 spiro atoms. The van der Waals surface area contributed by atoms with E-state index in [0.29, 0.717) is 12.8 Å². The van der Waals surface area contributed by atoms with Crippen molar-refractivity contribution >= 4 is 7.82 Å². The maximum atomic E-state index is 11.0. The standard InChI is InChI=1S/C8H19O6P.Na/c1-3-7(9)5-13-15(11,12)14-6-8(10)4-2;/h7-10H,3-6H2,1-2H3,(H,11,12);/q;+1/p-1. The largest absolute Gasteiger partial charge is 1.00 e. The molecule has 0 rings (SSSR count). The van der Waals surface area contributed by atoms with Crippen LogP contribution < -0.4 is 34.5 Å². The van der Waals surface area contributed by atoms with Crippen LogP contribution in [0.25, 0.3) is 0 Å². The van der Waals surface area contributed by atoms with E-state index in [1.807, 2.05) is 0 Å². The molecule has 0 aromatic rings. The van der Waals surface area contributed by atoms with Crippen LogP contribution in [0.15, 0.2) is 0 Å². The Morgan fingerprint density at radius 2 is 1.44 bits per heavy atom. The van der Waals surface area contributed by atoms with Crippen LogP contribution in [0, 0.1) is 0 Å². The van der Waals surface area contributed by atoms with Gasteiger partial charge >= 0.3 is 29.6 Å². The zero-order valence-electron chi connectivity index (χ0n) is 9.96. The SMILES string of the molecule is CCC(O)COP(=O)([O-])OCC(O)CC.[Na+]. The van der Waals surface area contributed by atoms with Crippen LogP contribution in [-0.2, 0) is 13.6 Å². The molecule has 0 saturated carbocycles. The zero-order chi connectivity index (χ0) is 11.9. The molecular weight excluding hydrogens is 246 g/mol. The Kier molecular flexibility index (Phi) is 12.1. The molecule has 0 amide bonds. The first-order valence-electron chi connectivity index (χ1n) is 4.87. The van der Waals surface area contributed by atoms with Gasteiger partial charge in [-0.15, -0.1) is 0 Å². The van der Waals surface area contributed by atoms with Gasteiger partial charge < -0.3 is 24.2 Å².